The van der Waals surface area contributed by atoms with Crippen molar-refractivity contribution in [3.63, 3.8) is 0 Å². The highest BCUT2D eigenvalue weighted by atomic mass is 19.2. The summed E-state index contributed by atoms with van der Waals surface area (Å²) in [6.07, 6.45) is -1.61. The van der Waals surface area contributed by atoms with Crippen LogP contribution in [0.4, 0.5) is 22.0 Å². The van der Waals surface area contributed by atoms with Gasteiger partial charge in [0.1, 0.15) is 0 Å². The van der Waals surface area contributed by atoms with E-state index in [0.717, 1.165) is 0 Å². The summed E-state index contributed by atoms with van der Waals surface area (Å²) in [6.45, 7) is 1.43. The fourth-order valence-corrected chi connectivity index (χ4v) is 1.64. The second-order valence-corrected chi connectivity index (χ2v) is 3.83. The van der Waals surface area contributed by atoms with Crippen molar-refractivity contribution in [3.8, 4) is 0 Å². The summed E-state index contributed by atoms with van der Waals surface area (Å²) in [5.74, 6) is -11.2. The van der Waals surface area contributed by atoms with Crippen molar-refractivity contribution >= 4 is 0 Å². The molecule has 7 heteroatoms. The molecule has 1 rings (SSSR count). The molecule has 102 valence electrons. The van der Waals surface area contributed by atoms with Gasteiger partial charge >= 0.3 is 0 Å². The average Bonchev–Trinajstić information content (AvgIpc) is 2.36. The minimum Gasteiger partial charge on any atom is -0.388 e. The first-order valence-electron chi connectivity index (χ1n) is 5.26. The molecule has 2 nitrogen and oxygen atoms in total. The Labute approximate surface area is 100 Å². The Morgan fingerprint density at radius 3 is 1.67 bits per heavy atom. The largest absolute Gasteiger partial charge is 0.388 e. The van der Waals surface area contributed by atoms with Gasteiger partial charge in [-0.3, -0.25) is 0 Å². The average molecular weight is 269 g/mol. The Morgan fingerprint density at radius 2 is 1.33 bits per heavy atom. The number of hydrogen-bond acceptors (Lipinski definition) is 2. The third-order valence-corrected chi connectivity index (χ3v) is 2.81. The monoisotopic (exact) mass is 269 g/mol. The fraction of sp³-hybridized carbons (Fsp3) is 0.455. The minimum atomic E-state index is -2.25. The van der Waals surface area contributed by atoms with Crippen LogP contribution in [0.1, 0.15) is 25.0 Å². The smallest absolute Gasteiger partial charge is 0.200 e. The number of benzene rings is 1. The summed E-state index contributed by atoms with van der Waals surface area (Å²) in [4.78, 5) is 0. The molecule has 0 bridgehead atoms. The zero-order chi connectivity index (χ0) is 14.0. The van der Waals surface area contributed by atoms with Crippen molar-refractivity contribution in [1.82, 2.24) is 0 Å². The molecule has 2 atom stereocenters. The maximum Gasteiger partial charge on any atom is 0.200 e. The predicted molar refractivity (Wildman–Crippen MR) is 54.0 cm³/mol. The van der Waals surface area contributed by atoms with Crippen LogP contribution in [0.15, 0.2) is 0 Å². The van der Waals surface area contributed by atoms with Gasteiger partial charge in [-0.05, 0) is 13.0 Å². The van der Waals surface area contributed by atoms with Crippen LogP contribution in [0, 0.1) is 35.0 Å². The summed E-state index contributed by atoms with van der Waals surface area (Å²) in [5, 5.41) is 9.67. The molecule has 0 aliphatic carbocycles. The van der Waals surface area contributed by atoms with Gasteiger partial charge in [0.15, 0.2) is 23.3 Å². The zero-order valence-corrected chi connectivity index (χ0v) is 9.48. The first-order valence-corrected chi connectivity index (χ1v) is 5.26. The molecule has 0 spiro atoms. The van der Waals surface area contributed by atoms with Gasteiger partial charge in [0.2, 0.25) is 5.82 Å². The van der Waals surface area contributed by atoms with Crippen molar-refractivity contribution in [2.24, 2.45) is 11.7 Å². The molecular weight excluding hydrogens is 257 g/mol. The normalized spacial score (nSPS) is 14.7. The van der Waals surface area contributed by atoms with Crippen LogP contribution in [0.2, 0.25) is 0 Å². The third-order valence-electron chi connectivity index (χ3n) is 2.81. The summed E-state index contributed by atoms with van der Waals surface area (Å²) in [5.41, 5.74) is 4.03. The minimum absolute atomic E-state index is 0.142. The summed E-state index contributed by atoms with van der Waals surface area (Å²) in [6, 6.07) is 0. The number of aliphatic hydroxyl groups is 1. The number of aliphatic hydroxyl groups excluding tert-OH is 1. The Balaban J connectivity index is 3.41. The van der Waals surface area contributed by atoms with Crippen molar-refractivity contribution < 1.29 is 27.1 Å². The Hall–Kier alpha value is -1.21. The van der Waals surface area contributed by atoms with Crippen LogP contribution >= 0.6 is 0 Å². The number of rotatable bonds is 4. The van der Waals surface area contributed by atoms with Crippen LogP contribution < -0.4 is 5.73 Å². The lowest BCUT2D eigenvalue weighted by molar-refractivity contribution is 0.0993. The van der Waals surface area contributed by atoms with E-state index in [9.17, 15) is 27.1 Å². The van der Waals surface area contributed by atoms with Gasteiger partial charge < -0.3 is 10.8 Å². The molecule has 0 fully saturated rings. The predicted octanol–water partition coefficient (Wildman–Crippen LogP) is 2.40. The van der Waals surface area contributed by atoms with E-state index in [1.165, 1.54) is 0 Å². The van der Waals surface area contributed by atoms with Crippen molar-refractivity contribution in [2.75, 3.05) is 6.54 Å². The standard InChI is InChI=1S/C11H12F5NO/c1-2-4(3-17)11(18)5-6(12)8(14)10(16)9(15)7(5)13/h4,11,18H,2-3,17H2,1H3. The van der Waals surface area contributed by atoms with E-state index in [0.29, 0.717) is 0 Å². The molecule has 0 aliphatic rings. The van der Waals surface area contributed by atoms with Crippen LogP contribution in [-0.2, 0) is 0 Å². The lowest BCUT2D eigenvalue weighted by atomic mass is 9.92. The third kappa shape index (κ3) is 2.32. The maximum atomic E-state index is 13.4. The molecule has 1 aromatic rings. The van der Waals surface area contributed by atoms with Gasteiger partial charge in [0.25, 0.3) is 0 Å². The van der Waals surface area contributed by atoms with Crippen molar-refractivity contribution in [1.29, 1.82) is 0 Å². The molecule has 2 unspecified atom stereocenters. The second kappa shape index (κ2) is 5.62. The van der Waals surface area contributed by atoms with E-state index in [1.807, 2.05) is 0 Å². The molecule has 1 aromatic carbocycles. The number of hydrogen-bond donors (Lipinski definition) is 2. The van der Waals surface area contributed by atoms with Gasteiger partial charge in [0, 0.05) is 5.92 Å². The first kappa shape index (κ1) is 14.8. The highest BCUT2D eigenvalue weighted by molar-refractivity contribution is 5.26. The van der Waals surface area contributed by atoms with Crippen LogP contribution in [0.3, 0.4) is 0 Å². The summed E-state index contributed by atoms with van der Waals surface area (Å²) >= 11 is 0. The molecular formula is C11H12F5NO. The molecule has 0 aliphatic heterocycles. The van der Waals surface area contributed by atoms with Crippen LogP contribution in [0.25, 0.3) is 0 Å². The lowest BCUT2D eigenvalue weighted by Crippen LogP contribution is -2.24. The highest BCUT2D eigenvalue weighted by Gasteiger charge is 2.32. The Bertz CT molecular complexity index is 419. The summed E-state index contributed by atoms with van der Waals surface area (Å²) < 4.78 is 65.4. The molecule has 18 heavy (non-hydrogen) atoms. The van der Waals surface area contributed by atoms with Gasteiger partial charge in [-0.1, -0.05) is 6.92 Å². The fourth-order valence-electron chi connectivity index (χ4n) is 1.64. The maximum absolute atomic E-state index is 13.4. The molecule has 0 radical (unpaired) electrons. The molecule has 0 amide bonds. The van der Waals surface area contributed by atoms with E-state index in [2.05, 4.69) is 0 Å². The SMILES string of the molecule is CCC(CN)C(O)c1c(F)c(F)c(F)c(F)c1F. The second-order valence-electron chi connectivity index (χ2n) is 3.83. The van der Waals surface area contributed by atoms with E-state index in [1.54, 1.807) is 6.92 Å². The molecule has 3 N–H and O–H groups in total. The van der Waals surface area contributed by atoms with Gasteiger partial charge in [-0.25, -0.2) is 22.0 Å². The first-order chi connectivity index (χ1) is 8.36. The molecule has 0 aromatic heterocycles. The van der Waals surface area contributed by atoms with Gasteiger partial charge in [0.05, 0.1) is 11.7 Å². The van der Waals surface area contributed by atoms with E-state index >= 15 is 0 Å². The van der Waals surface area contributed by atoms with E-state index in [4.69, 9.17) is 5.73 Å². The van der Waals surface area contributed by atoms with Crippen molar-refractivity contribution in [3.05, 3.63) is 34.6 Å². The lowest BCUT2D eigenvalue weighted by Gasteiger charge is -2.21. The topological polar surface area (TPSA) is 46.2 Å². The number of nitrogens with two attached hydrogens (primary N) is 1. The van der Waals surface area contributed by atoms with Gasteiger partial charge in [-0.15, -0.1) is 0 Å². The van der Waals surface area contributed by atoms with E-state index in [-0.39, 0.29) is 13.0 Å². The van der Waals surface area contributed by atoms with Crippen molar-refractivity contribution in [2.45, 2.75) is 19.4 Å². The summed E-state index contributed by atoms with van der Waals surface area (Å²) in [7, 11) is 0. The van der Waals surface area contributed by atoms with Crippen LogP contribution in [-0.4, -0.2) is 11.7 Å². The zero-order valence-electron chi connectivity index (χ0n) is 9.48. The molecule has 0 saturated heterocycles. The van der Waals surface area contributed by atoms with Gasteiger partial charge in [-0.2, -0.15) is 0 Å². The molecule has 0 saturated carbocycles. The Morgan fingerprint density at radius 1 is 0.944 bits per heavy atom. The van der Waals surface area contributed by atoms with Crippen LogP contribution in [0.5, 0.6) is 0 Å². The Kier molecular flexibility index (Phi) is 4.64. The van der Waals surface area contributed by atoms with E-state index < -0.39 is 46.7 Å². The highest BCUT2D eigenvalue weighted by Crippen LogP contribution is 2.32. The number of halogens is 5. The quantitative estimate of drug-likeness (QED) is 0.501. The molecule has 0 heterocycles.